The second-order valence-corrected chi connectivity index (χ2v) is 16.4. The first-order valence-electron chi connectivity index (χ1n) is 21.9. The lowest BCUT2D eigenvalue weighted by atomic mass is 10.0. The van der Waals surface area contributed by atoms with Gasteiger partial charge in [0.05, 0.1) is 27.8 Å². The predicted octanol–water partition coefficient (Wildman–Crippen LogP) is 14.0. The van der Waals surface area contributed by atoms with Gasteiger partial charge in [0, 0.05) is 32.7 Å². The van der Waals surface area contributed by atoms with Crippen molar-refractivity contribution in [2.75, 3.05) is 0 Å². The number of aliphatic imine (C=N–C) groups is 2. The molecule has 0 fully saturated rings. The van der Waals surface area contributed by atoms with Gasteiger partial charge in [0.25, 0.3) is 0 Å². The van der Waals surface area contributed by atoms with Gasteiger partial charge in [0.1, 0.15) is 11.7 Å². The molecule has 1 atom stereocenters. The summed E-state index contributed by atoms with van der Waals surface area (Å²) in [5.41, 5.74) is 14.1. The van der Waals surface area contributed by atoms with E-state index in [1.54, 1.807) is 0 Å². The van der Waals surface area contributed by atoms with E-state index in [1.807, 2.05) is 48.5 Å². The maximum Gasteiger partial charge on any atom is 0.227 e. The first-order chi connectivity index (χ1) is 32.2. The van der Waals surface area contributed by atoms with Crippen molar-refractivity contribution in [1.82, 2.24) is 19.4 Å². The third-order valence-corrected chi connectivity index (χ3v) is 12.6. The fourth-order valence-electron chi connectivity index (χ4n) is 9.62. The first-order valence-corrected chi connectivity index (χ1v) is 21.9. The summed E-state index contributed by atoms with van der Waals surface area (Å²) in [6.07, 6.45) is -0.427. The monoisotopic (exact) mass is 834 g/mol. The van der Waals surface area contributed by atoms with E-state index in [0.717, 1.165) is 71.9 Å². The largest absolute Gasteiger partial charge is 0.436 e. The summed E-state index contributed by atoms with van der Waals surface area (Å²) in [6.45, 7) is 0. The minimum absolute atomic E-state index is 0.427. The van der Waals surface area contributed by atoms with Crippen LogP contribution in [0.15, 0.2) is 233 Å². The standard InChI is InChI=1S/C58H38N6O/c1-5-17-37(18-6-1)41-25-15-26-43(35-41)56-60-55(39-21-9-3-10-22-39)61-58(62-56)64-49-33-34-51-53(59-57(65-51)40-23-11-4-12-24-40)52(49)45-28-16-30-50(54(45)64)63-47-29-14-13-27-44(47)46-36-42(31-32-48(46)63)38-19-7-2-8-20-38/h1-36,55H,(H,60,61,62). The molecule has 12 aromatic rings. The van der Waals surface area contributed by atoms with Crippen molar-refractivity contribution in [2.45, 2.75) is 6.17 Å². The number of aromatic nitrogens is 3. The molecule has 1 N–H and O–H groups in total. The van der Waals surface area contributed by atoms with Crippen LogP contribution >= 0.6 is 0 Å². The van der Waals surface area contributed by atoms with Gasteiger partial charge >= 0.3 is 0 Å². The Morgan fingerprint density at radius 2 is 1.05 bits per heavy atom. The molecule has 0 amide bonds. The van der Waals surface area contributed by atoms with Crippen molar-refractivity contribution in [1.29, 1.82) is 0 Å². The highest BCUT2D eigenvalue weighted by Crippen LogP contribution is 2.42. The number of amidine groups is 1. The zero-order chi connectivity index (χ0) is 42.8. The highest BCUT2D eigenvalue weighted by atomic mass is 16.3. The Balaban J connectivity index is 1.11. The summed E-state index contributed by atoms with van der Waals surface area (Å²) in [7, 11) is 0. The van der Waals surface area contributed by atoms with Crippen LogP contribution in [-0.2, 0) is 0 Å². The number of nitrogens with zero attached hydrogens (tertiary/aromatic N) is 5. The molecule has 65 heavy (non-hydrogen) atoms. The molecule has 13 rings (SSSR count). The number of hydrogen-bond acceptors (Lipinski definition) is 5. The molecule has 1 aliphatic heterocycles. The van der Waals surface area contributed by atoms with E-state index in [4.69, 9.17) is 19.4 Å². The van der Waals surface area contributed by atoms with E-state index < -0.39 is 6.17 Å². The molecule has 0 spiro atoms. The summed E-state index contributed by atoms with van der Waals surface area (Å²) < 4.78 is 11.2. The number of rotatable bonds is 6. The summed E-state index contributed by atoms with van der Waals surface area (Å²) in [6, 6.07) is 76.3. The Labute approximate surface area is 373 Å². The molecule has 0 bridgehead atoms. The zero-order valence-corrected chi connectivity index (χ0v) is 35.0. The fourth-order valence-corrected chi connectivity index (χ4v) is 9.62. The van der Waals surface area contributed by atoms with E-state index in [9.17, 15) is 0 Å². The van der Waals surface area contributed by atoms with Crippen LogP contribution in [0.2, 0.25) is 0 Å². The maximum atomic E-state index is 6.54. The van der Waals surface area contributed by atoms with Gasteiger partial charge in [0.2, 0.25) is 11.9 Å². The highest BCUT2D eigenvalue weighted by Gasteiger charge is 2.28. The lowest BCUT2D eigenvalue weighted by molar-refractivity contribution is 0.620. The van der Waals surface area contributed by atoms with Gasteiger partial charge in [-0.25, -0.2) is 9.98 Å². The van der Waals surface area contributed by atoms with Crippen LogP contribution < -0.4 is 5.32 Å². The molecular formula is C58H38N6O. The number of oxazole rings is 1. The number of hydrogen-bond donors (Lipinski definition) is 1. The fraction of sp³-hybridized carbons (Fsp3) is 0.0172. The van der Waals surface area contributed by atoms with E-state index >= 15 is 0 Å². The van der Waals surface area contributed by atoms with Gasteiger partial charge in [-0.15, -0.1) is 0 Å². The Hall–Kier alpha value is -8.81. The molecule has 0 aliphatic carbocycles. The third kappa shape index (κ3) is 6.08. The van der Waals surface area contributed by atoms with Crippen molar-refractivity contribution in [3.8, 4) is 39.4 Å². The van der Waals surface area contributed by atoms with Crippen molar-refractivity contribution >= 4 is 66.5 Å². The van der Waals surface area contributed by atoms with Gasteiger partial charge in [-0.1, -0.05) is 164 Å². The van der Waals surface area contributed by atoms with Crippen LogP contribution in [0.25, 0.3) is 94.1 Å². The summed E-state index contributed by atoms with van der Waals surface area (Å²) >= 11 is 0. The SMILES string of the molecule is c1ccc(-c2cccc(C3=NC(c4ccccc4)NC(n4c5ccc6oc(-c7ccccc7)nc6c5c5cccc(-n6c7ccccc7c7cc(-c8ccccc8)ccc76)c54)=N3)c2)cc1. The predicted molar refractivity (Wildman–Crippen MR) is 266 cm³/mol. The summed E-state index contributed by atoms with van der Waals surface area (Å²) in [5.74, 6) is 1.86. The van der Waals surface area contributed by atoms with Crippen LogP contribution in [0.5, 0.6) is 0 Å². The average Bonchev–Trinajstić information content (AvgIpc) is 4.08. The zero-order valence-electron chi connectivity index (χ0n) is 35.0. The van der Waals surface area contributed by atoms with Crippen molar-refractivity contribution in [3.05, 3.63) is 230 Å². The molecule has 0 saturated carbocycles. The number of nitrogens with one attached hydrogen (secondary N) is 1. The topological polar surface area (TPSA) is 72.6 Å². The van der Waals surface area contributed by atoms with Crippen LogP contribution in [0.3, 0.4) is 0 Å². The normalized spacial score (nSPS) is 14.0. The van der Waals surface area contributed by atoms with Crippen molar-refractivity contribution in [2.24, 2.45) is 9.98 Å². The molecule has 7 nitrogen and oxygen atoms in total. The van der Waals surface area contributed by atoms with E-state index in [1.165, 1.54) is 21.9 Å². The quantitative estimate of drug-likeness (QED) is 0.181. The second-order valence-electron chi connectivity index (χ2n) is 16.4. The van der Waals surface area contributed by atoms with E-state index in [-0.39, 0.29) is 0 Å². The number of para-hydroxylation sites is 2. The maximum absolute atomic E-state index is 6.54. The summed E-state index contributed by atoms with van der Waals surface area (Å²) in [4.78, 5) is 16.1. The number of benzene rings is 9. The van der Waals surface area contributed by atoms with Crippen LogP contribution in [-0.4, -0.2) is 25.9 Å². The molecule has 9 aromatic carbocycles. The Morgan fingerprint density at radius 3 is 1.82 bits per heavy atom. The van der Waals surface area contributed by atoms with Crippen LogP contribution in [0.4, 0.5) is 0 Å². The van der Waals surface area contributed by atoms with Gasteiger partial charge < -0.3 is 14.3 Å². The lowest BCUT2D eigenvalue weighted by Gasteiger charge is -2.25. The molecular weight excluding hydrogens is 797 g/mol. The molecule has 1 unspecified atom stereocenters. The molecule has 0 saturated heterocycles. The van der Waals surface area contributed by atoms with E-state index in [2.05, 4.69) is 184 Å². The van der Waals surface area contributed by atoms with Gasteiger partial charge in [0.15, 0.2) is 11.4 Å². The minimum Gasteiger partial charge on any atom is -0.436 e. The van der Waals surface area contributed by atoms with Crippen molar-refractivity contribution < 1.29 is 4.42 Å². The van der Waals surface area contributed by atoms with Gasteiger partial charge in [-0.05, 0) is 82.4 Å². The molecule has 306 valence electrons. The number of fused-ring (bicyclic) bond motifs is 8. The van der Waals surface area contributed by atoms with E-state index in [0.29, 0.717) is 23.3 Å². The summed E-state index contributed by atoms with van der Waals surface area (Å²) in [5, 5.41) is 8.19. The first kappa shape index (κ1) is 36.8. The molecule has 1 aliphatic rings. The van der Waals surface area contributed by atoms with Gasteiger partial charge in [-0.2, -0.15) is 4.99 Å². The third-order valence-electron chi connectivity index (χ3n) is 12.6. The van der Waals surface area contributed by atoms with Crippen LogP contribution in [0, 0.1) is 0 Å². The second kappa shape index (κ2) is 14.9. The molecule has 0 radical (unpaired) electrons. The Morgan fingerprint density at radius 1 is 0.446 bits per heavy atom. The van der Waals surface area contributed by atoms with Crippen LogP contribution in [0.1, 0.15) is 17.3 Å². The minimum atomic E-state index is -0.427. The molecule has 3 aromatic heterocycles. The highest BCUT2D eigenvalue weighted by molar-refractivity contribution is 6.25. The van der Waals surface area contributed by atoms with Gasteiger partial charge in [-0.3, -0.25) is 4.57 Å². The Bertz CT molecular complexity index is 3850. The Kier molecular flexibility index (Phi) is 8.45. The molecule has 4 heterocycles. The average molecular weight is 835 g/mol. The lowest BCUT2D eigenvalue weighted by Crippen LogP contribution is -2.37. The molecule has 7 heteroatoms. The smallest absolute Gasteiger partial charge is 0.227 e. The van der Waals surface area contributed by atoms with Crippen molar-refractivity contribution in [3.63, 3.8) is 0 Å².